The van der Waals surface area contributed by atoms with Crippen LogP contribution >= 0.6 is 34.3 Å². The fourth-order valence-electron chi connectivity index (χ4n) is 4.59. The quantitative estimate of drug-likeness (QED) is 0.257. The number of likely N-dealkylation sites (tertiary alicyclic amines) is 1. The Morgan fingerprint density at radius 3 is 2.82 bits per heavy atom. The van der Waals surface area contributed by atoms with Crippen molar-refractivity contribution < 1.29 is 29.0 Å². The number of nitrogens with one attached hydrogen (secondary N) is 1. The number of benzene rings is 2. The number of carbonyl (C=O) groups is 3. The number of aliphatic carboxylic acids is 1. The van der Waals surface area contributed by atoms with Crippen molar-refractivity contribution in [3.8, 4) is 0 Å². The Morgan fingerprint density at radius 2 is 2.03 bits per heavy atom. The predicted octanol–water partition coefficient (Wildman–Crippen LogP) is 5.30. The maximum atomic E-state index is 15.1. The number of aryl methyl sites for hydroxylation is 1. The summed E-state index contributed by atoms with van der Waals surface area (Å²) in [6.45, 7) is 0.271. The molecular weight excluding hydrogens is 565 g/mol. The van der Waals surface area contributed by atoms with Crippen LogP contribution in [0.25, 0.3) is 10.1 Å². The Hall–Kier alpha value is -3.38. The molecule has 0 spiro atoms. The first-order chi connectivity index (χ1) is 18.7. The van der Waals surface area contributed by atoms with Gasteiger partial charge < -0.3 is 20.4 Å². The number of fused-ring (bicyclic) bond motifs is 1. The van der Waals surface area contributed by atoms with Crippen molar-refractivity contribution in [3.63, 3.8) is 0 Å². The number of carboxylic acids is 1. The summed E-state index contributed by atoms with van der Waals surface area (Å²) in [4.78, 5) is 43.5. The van der Waals surface area contributed by atoms with E-state index < -0.39 is 35.7 Å². The first kappa shape index (κ1) is 27.2. The lowest BCUT2D eigenvalue weighted by Crippen LogP contribution is -2.34. The highest BCUT2D eigenvalue weighted by Crippen LogP contribution is 2.36. The summed E-state index contributed by atoms with van der Waals surface area (Å²) < 4.78 is 16.0. The minimum absolute atomic E-state index is 0.0438. The maximum absolute atomic E-state index is 15.1. The third kappa shape index (κ3) is 5.81. The summed E-state index contributed by atoms with van der Waals surface area (Å²) in [5.74, 6) is -2.44. The standard InChI is InChI=1S/C27H23ClFN3O5S2/c28-18-9-14(19(29)11-20(18)31-26(37)17-13-38-22-4-2-1-3-16(17)22)10-23(34)32-8-7-21(33)25(32)27-30-12-15(39-27)5-6-24(35)36/h1-4,9,11-13,21,25,33H,5-8,10H2,(H,31,37)(H,35,36)/t21-,25-/m0/s1. The fourth-order valence-corrected chi connectivity index (χ4v) is 6.85. The number of halogens is 2. The molecule has 2 amide bonds. The summed E-state index contributed by atoms with van der Waals surface area (Å²) >= 11 is 9.06. The molecule has 2 aromatic heterocycles. The largest absolute Gasteiger partial charge is 0.481 e. The van der Waals surface area contributed by atoms with E-state index in [1.54, 1.807) is 11.6 Å². The third-order valence-corrected chi connectivity index (χ3v) is 8.95. The van der Waals surface area contributed by atoms with E-state index in [0.29, 0.717) is 23.4 Å². The van der Waals surface area contributed by atoms with Gasteiger partial charge in [0.05, 0.1) is 35.2 Å². The topological polar surface area (TPSA) is 120 Å². The molecule has 4 aromatic rings. The second-order valence-corrected chi connectivity index (χ2v) is 11.6. The van der Waals surface area contributed by atoms with Gasteiger partial charge in [0.25, 0.3) is 5.91 Å². The lowest BCUT2D eigenvalue weighted by molar-refractivity contribution is -0.137. The van der Waals surface area contributed by atoms with Crippen molar-refractivity contribution >= 4 is 67.8 Å². The van der Waals surface area contributed by atoms with Crippen molar-refractivity contribution in [1.82, 2.24) is 9.88 Å². The van der Waals surface area contributed by atoms with Crippen LogP contribution in [0, 0.1) is 5.82 Å². The Balaban J connectivity index is 1.29. The highest BCUT2D eigenvalue weighted by Gasteiger charge is 2.39. The molecule has 3 N–H and O–H groups in total. The molecule has 0 radical (unpaired) electrons. The zero-order valence-corrected chi connectivity index (χ0v) is 22.8. The van der Waals surface area contributed by atoms with Gasteiger partial charge in [-0.3, -0.25) is 14.4 Å². The number of aliphatic hydroxyl groups is 1. The Morgan fingerprint density at radius 1 is 1.23 bits per heavy atom. The van der Waals surface area contributed by atoms with Gasteiger partial charge in [-0.1, -0.05) is 29.8 Å². The molecule has 0 aliphatic carbocycles. The van der Waals surface area contributed by atoms with Crippen LogP contribution < -0.4 is 5.32 Å². The lowest BCUT2D eigenvalue weighted by Gasteiger charge is -2.25. The van der Waals surface area contributed by atoms with Gasteiger partial charge in [-0.05, 0) is 36.6 Å². The number of nitrogens with zero attached hydrogens (tertiary/aromatic N) is 2. The molecule has 0 unspecified atom stereocenters. The SMILES string of the molecule is O=C(O)CCc1cnc([C@@H]2[C@@H](O)CCN2C(=O)Cc2cc(Cl)c(NC(=O)c3csc4ccccc34)cc2F)s1. The number of amides is 2. The van der Waals surface area contributed by atoms with Gasteiger partial charge in [-0.15, -0.1) is 22.7 Å². The van der Waals surface area contributed by atoms with Crippen molar-refractivity contribution in [1.29, 1.82) is 0 Å². The molecule has 0 bridgehead atoms. The molecule has 2 aromatic carbocycles. The number of carboxylic acid groups (broad SMARTS) is 1. The number of hydrogen-bond acceptors (Lipinski definition) is 7. The second kappa shape index (κ2) is 11.4. The summed E-state index contributed by atoms with van der Waals surface area (Å²) in [7, 11) is 0. The Bertz CT molecular complexity index is 1570. The highest BCUT2D eigenvalue weighted by atomic mass is 35.5. The first-order valence-corrected chi connectivity index (χ1v) is 14.2. The summed E-state index contributed by atoms with van der Waals surface area (Å²) in [6, 6.07) is 9.19. The van der Waals surface area contributed by atoms with E-state index in [0.717, 1.165) is 21.0 Å². The normalized spacial score (nSPS) is 17.1. The van der Waals surface area contributed by atoms with Gasteiger partial charge in [-0.25, -0.2) is 9.37 Å². The van der Waals surface area contributed by atoms with Gasteiger partial charge in [0.2, 0.25) is 5.91 Å². The number of anilines is 1. The molecule has 1 aliphatic heterocycles. The summed E-state index contributed by atoms with van der Waals surface area (Å²) in [5.41, 5.74) is 0.612. The second-order valence-electron chi connectivity index (χ2n) is 9.15. The van der Waals surface area contributed by atoms with Gasteiger partial charge in [0, 0.05) is 33.1 Å². The molecular formula is C27H23ClFN3O5S2. The summed E-state index contributed by atoms with van der Waals surface area (Å²) in [5, 5.41) is 25.2. The van der Waals surface area contributed by atoms with Crippen LogP contribution in [0.3, 0.4) is 0 Å². The maximum Gasteiger partial charge on any atom is 0.303 e. The van der Waals surface area contributed by atoms with Crippen molar-refractivity contribution in [2.45, 2.75) is 37.8 Å². The van der Waals surface area contributed by atoms with Crippen molar-refractivity contribution in [2.75, 3.05) is 11.9 Å². The van der Waals surface area contributed by atoms with Crippen molar-refractivity contribution in [2.24, 2.45) is 0 Å². The van der Waals surface area contributed by atoms with Gasteiger partial charge >= 0.3 is 5.97 Å². The average molecular weight is 588 g/mol. The lowest BCUT2D eigenvalue weighted by atomic mass is 10.1. The molecule has 3 heterocycles. The Labute approximate surface area is 235 Å². The molecule has 12 heteroatoms. The molecule has 1 saturated heterocycles. The molecule has 1 aliphatic rings. The van der Waals surface area contributed by atoms with E-state index in [1.165, 1.54) is 33.6 Å². The van der Waals surface area contributed by atoms with E-state index in [9.17, 15) is 19.5 Å². The zero-order valence-electron chi connectivity index (χ0n) is 20.4. The number of rotatable bonds is 8. The van der Waals surface area contributed by atoms with E-state index in [4.69, 9.17) is 16.7 Å². The predicted molar refractivity (Wildman–Crippen MR) is 148 cm³/mol. The number of thiophene rings is 1. The number of aromatic nitrogens is 1. The van der Waals surface area contributed by atoms with E-state index in [2.05, 4.69) is 10.3 Å². The number of hydrogen-bond donors (Lipinski definition) is 3. The number of thiazole rings is 1. The van der Waals surface area contributed by atoms with Crippen LogP contribution in [0.1, 0.15) is 44.7 Å². The summed E-state index contributed by atoms with van der Waals surface area (Å²) in [6.07, 6.45) is 1.02. The van der Waals surface area contributed by atoms with Crippen LogP contribution in [0.15, 0.2) is 48.0 Å². The third-order valence-electron chi connectivity index (χ3n) is 6.55. The minimum Gasteiger partial charge on any atom is -0.481 e. The average Bonchev–Trinajstić information content (AvgIpc) is 3.63. The molecule has 1 fully saturated rings. The van der Waals surface area contributed by atoms with E-state index in [-0.39, 0.29) is 35.7 Å². The highest BCUT2D eigenvalue weighted by molar-refractivity contribution is 7.17. The van der Waals surface area contributed by atoms with E-state index in [1.807, 2.05) is 24.3 Å². The van der Waals surface area contributed by atoms with Gasteiger partial charge in [0.1, 0.15) is 16.9 Å². The van der Waals surface area contributed by atoms with Crippen LogP contribution in [-0.4, -0.2) is 50.5 Å². The fraction of sp³-hybridized carbons (Fsp3) is 0.259. The molecule has 8 nitrogen and oxygen atoms in total. The molecule has 39 heavy (non-hydrogen) atoms. The van der Waals surface area contributed by atoms with Crippen molar-refractivity contribution in [3.05, 3.63) is 79.8 Å². The first-order valence-electron chi connectivity index (χ1n) is 12.1. The van der Waals surface area contributed by atoms with Crippen LogP contribution in [0.2, 0.25) is 5.02 Å². The number of aliphatic hydroxyl groups excluding tert-OH is 1. The van der Waals surface area contributed by atoms with Gasteiger partial charge in [-0.2, -0.15) is 0 Å². The molecule has 0 saturated carbocycles. The van der Waals surface area contributed by atoms with E-state index >= 15 is 4.39 Å². The molecule has 5 rings (SSSR count). The monoisotopic (exact) mass is 587 g/mol. The number of carbonyl (C=O) groups excluding carboxylic acids is 2. The Kier molecular flexibility index (Phi) is 7.94. The smallest absolute Gasteiger partial charge is 0.303 e. The van der Waals surface area contributed by atoms with Crippen LogP contribution in [0.5, 0.6) is 0 Å². The molecule has 202 valence electrons. The van der Waals surface area contributed by atoms with Crippen LogP contribution in [-0.2, 0) is 22.4 Å². The molecule has 2 atom stereocenters. The van der Waals surface area contributed by atoms with Gasteiger partial charge in [0.15, 0.2) is 0 Å². The van der Waals surface area contributed by atoms with Crippen LogP contribution in [0.4, 0.5) is 10.1 Å². The minimum atomic E-state index is -0.922. The zero-order chi connectivity index (χ0) is 27.7.